The zero-order valence-electron chi connectivity index (χ0n) is 12.4. The van der Waals surface area contributed by atoms with Gasteiger partial charge in [-0.2, -0.15) is 0 Å². The van der Waals surface area contributed by atoms with Crippen molar-refractivity contribution in [2.45, 2.75) is 34.1 Å². The van der Waals surface area contributed by atoms with Crippen molar-refractivity contribution >= 4 is 17.7 Å². The smallest absolute Gasteiger partial charge is 0.337 e. The lowest BCUT2D eigenvalue weighted by atomic mass is 9.92. The lowest BCUT2D eigenvalue weighted by Gasteiger charge is -2.18. The average Bonchev–Trinajstić information content (AvgIpc) is 2.29. The van der Waals surface area contributed by atoms with Gasteiger partial charge in [0.25, 0.3) is 0 Å². The van der Waals surface area contributed by atoms with E-state index in [-0.39, 0.29) is 17.0 Å². The van der Waals surface area contributed by atoms with Crippen LogP contribution in [0.3, 0.4) is 0 Å². The number of amides is 2. The number of nitrogens with one attached hydrogen (secondary N) is 2. The predicted molar refractivity (Wildman–Crippen MR) is 79.2 cm³/mol. The second-order valence-electron chi connectivity index (χ2n) is 6.05. The number of hydrogen-bond donors (Lipinski definition) is 3. The van der Waals surface area contributed by atoms with Gasteiger partial charge < -0.3 is 15.7 Å². The highest BCUT2D eigenvalue weighted by Gasteiger charge is 2.14. The van der Waals surface area contributed by atoms with E-state index < -0.39 is 5.97 Å². The normalized spacial score (nSPS) is 11.0. The minimum absolute atomic E-state index is 0.0935. The number of rotatable bonds is 4. The van der Waals surface area contributed by atoms with Gasteiger partial charge in [-0.05, 0) is 30.9 Å². The van der Waals surface area contributed by atoms with Gasteiger partial charge in [0.05, 0.1) is 11.3 Å². The highest BCUT2D eigenvalue weighted by molar-refractivity contribution is 6.00. The summed E-state index contributed by atoms with van der Waals surface area (Å²) in [5.41, 5.74) is 1.37. The third-order valence-electron chi connectivity index (χ3n) is 2.81. The number of urea groups is 1. The lowest BCUT2D eigenvalue weighted by molar-refractivity contribution is 0.0698. The first-order valence-electron chi connectivity index (χ1n) is 6.58. The fourth-order valence-corrected chi connectivity index (χ4v) is 1.66. The van der Waals surface area contributed by atoms with Gasteiger partial charge in [0.2, 0.25) is 0 Å². The maximum atomic E-state index is 11.7. The number of carbonyl (C=O) groups excluding carboxylic acids is 1. The molecule has 0 saturated carbocycles. The van der Waals surface area contributed by atoms with Crippen LogP contribution in [-0.4, -0.2) is 23.7 Å². The van der Waals surface area contributed by atoms with E-state index in [4.69, 9.17) is 5.11 Å². The lowest BCUT2D eigenvalue weighted by Crippen LogP contribution is -2.31. The first kappa shape index (κ1) is 16.0. The van der Waals surface area contributed by atoms with Crippen molar-refractivity contribution in [1.29, 1.82) is 0 Å². The van der Waals surface area contributed by atoms with E-state index in [1.165, 1.54) is 6.07 Å². The Morgan fingerprint density at radius 3 is 2.45 bits per heavy atom. The molecule has 0 saturated heterocycles. The van der Waals surface area contributed by atoms with E-state index in [9.17, 15) is 9.59 Å². The second-order valence-corrected chi connectivity index (χ2v) is 6.05. The molecule has 20 heavy (non-hydrogen) atoms. The Balaban J connectivity index is 2.64. The van der Waals surface area contributed by atoms with Gasteiger partial charge >= 0.3 is 12.0 Å². The van der Waals surface area contributed by atoms with Crippen LogP contribution in [0, 0.1) is 12.3 Å². The van der Waals surface area contributed by atoms with E-state index in [1.54, 1.807) is 19.1 Å². The zero-order valence-corrected chi connectivity index (χ0v) is 12.4. The van der Waals surface area contributed by atoms with Crippen LogP contribution in [0.4, 0.5) is 10.5 Å². The molecule has 0 fully saturated rings. The number of carbonyl (C=O) groups is 2. The predicted octanol–water partition coefficient (Wildman–Crippen LogP) is 3.25. The number of aryl methyl sites for hydroxylation is 1. The number of carboxylic acids is 1. The number of carboxylic acid groups (broad SMARTS) is 1. The SMILES string of the molecule is Cc1ccc(NC(=O)NCCC(C)(C)C)c(C(=O)O)c1. The third kappa shape index (κ3) is 5.30. The molecule has 1 rings (SSSR count). The van der Waals surface area contributed by atoms with Gasteiger partial charge in [-0.25, -0.2) is 9.59 Å². The van der Waals surface area contributed by atoms with Crippen LogP contribution in [0.25, 0.3) is 0 Å². The zero-order chi connectivity index (χ0) is 15.3. The first-order chi connectivity index (χ1) is 9.19. The van der Waals surface area contributed by atoms with Crippen LogP contribution in [-0.2, 0) is 0 Å². The van der Waals surface area contributed by atoms with Gasteiger partial charge in [-0.1, -0.05) is 32.4 Å². The molecule has 1 aromatic carbocycles. The van der Waals surface area contributed by atoms with E-state index in [2.05, 4.69) is 31.4 Å². The number of hydrogen-bond acceptors (Lipinski definition) is 2. The van der Waals surface area contributed by atoms with Gasteiger partial charge in [0.15, 0.2) is 0 Å². The van der Waals surface area contributed by atoms with Crippen molar-refractivity contribution in [3.05, 3.63) is 29.3 Å². The van der Waals surface area contributed by atoms with Gasteiger partial charge in [-0.3, -0.25) is 0 Å². The average molecular weight is 278 g/mol. The fourth-order valence-electron chi connectivity index (χ4n) is 1.66. The molecule has 2 amide bonds. The minimum Gasteiger partial charge on any atom is -0.478 e. The van der Waals surface area contributed by atoms with Crippen LogP contribution >= 0.6 is 0 Å². The first-order valence-corrected chi connectivity index (χ1v) is 6.58. The summed E-state index contributed by atoms with van der Waals surface area (Å²) in [7, 11) is 0. The monoisotopic (exact) mass is 278 g/mol. The van der Waals surface area contributed by atoms with E-state index in [0.717, 1.165) is 12.0 Å². The Morgan fingerprint density at radius 1 is 1.25 bits per heavy atom. The molecule has 5 heteroatoms. The Hall–Kier alpha value is -2.04. The molecule has 0 unspecified atom stereocenters. The van der Waals surface area contributed by atoms with Crippen LogP contribution < -0.4 is 10.6 Å². The van der Waals surface area contributed by atoms with Crippen LogP contribution in [0.5, 0.6) is 0 Å². The molecule has 0 aliphatic carbocycles. The van der Waals surface area contributed by atoms with Crippen molar-refractivity contribution in [3.63, 3.8) is 0 Å². The molecule has 5 nitrogen and oxygen atoms in total. The summed E-state index contributed by atoms with van der Waals surface area (Å²) < 4.78 is 0. The van der Waals surface area contributed by atoms with Crippen LogP contribution in [0.2, 0.25) is 0 Å². The molecule has 0 atom stereocenters. The summed E-state index contributed by atoms with van der Waals surface area (Å²) in [6, 6.07) is 4.51. The number of benzene rings is 1. The van der Waals surface area contributed by atoms with E-state index in [0.29, 0.717) is 12.2 Å². The molecule has 0 radical (unpaired) electrons. The van der Waals surface area contributed by atoms with Crippen molar-refractivity contribution in [2.24, 2.45) is 5.41 Å². The standard InChI is InChI=1S/C15H22N2O3/c1-10-5-6-12(11(9-10)13(18)19)17-14(20)16-8-7-15(2,3)4/h5-6,9H,7-8H2,1-4H3,(H,18,19)(H2,16,17,20). The molecule has 1 aromatic rings. The Bertz CT molecular complexity index is 504. The van der Waals surface area contributed by atoms with Crippen LogP contribution in [0.1, 0.15) is 43.1 Å². The van der Waals surface area contributed by atoms with Gasteiger partial charge in [0, 0.05) is 6.54 Å². The molecule has 0 aliphatic rings. The molecule has 3 N–H and O–H groups in total. The summed E-state index contributed by atoms with van der Waals surface area (Å²) in [6.07, 6.45) is 0.847. The van der Waals surface area contributed by atoms with Crippen LogP contribution in [0.15, 0.2) is 18.2 Å². The minimum atomic E-state index is -1.06. The molecule has 0 bridgehead atoms. The van der Waals surface area contributed by atoms with Crippen molar-refractivity contribution in [2.75, 3.05) is 11.9 Å². The van der Waals surface area contributed by atoms with E-state index >= 15 is 0 Å². The maximum absolute atomic E-state index is 11.7. The molecule has 0 heterocycles. The van der Waals surface area contributed by atoms with E-state index in [1.807, 2.05) is 0 Å². The fraction of sp³-hybridized carbons (Fsp3) is 0.467. The summed E-state index contributed by atoms with van der Waals surface area (Å²) in [5.74, 6) is -1.06. The number of aromatic carboxylic acids is 1. The highest BCUT2D eigenvalue weighted by Crippen LogP contribution is 2.18. The van der Waals surface area contributed by atoms with Gasteiger partial charge in [0.1, 0.15) is 0 Å². The topological polar surface area (TPSA) is 78.4 Å². The summed E-state index contributed by atoms with van der Waals surface area (Å²) >= 11 is 0. The largest absolute Gasteiger partial charge is 0.478 e. The highest BCUT2D eigenvalue weighted by atomic mass is 16.4. The molecule has 110 valence electrons. The molecule has 0 aliphatic heterocycles. The van der Waals surface area contributed by atoms with Crippen molar-refractivity contribution in [1.82, 2.24) is 5.32 Å². The van der Waals surface area contributed by atoms with Crippen molar-refractivity contribution in [3.8, 4) is 0 Å². The number of anilines is 1. The van der Waals surface area contributed by atoms with Gasteiger partial charge in [-0.15, -0.1) is 0 Å². The second kappa shape index (κ2) is 6.41. The molecular weight excluding hydrogens is 256 g/mol. The summed E-state index contributed by atoms with van der Waals surface area (Å²) in [5, 5.41) is 14.4. The summed E-state index contributed by atoms with van der Waals surface area (Å²) in [6.45, 7) is 8.63. The maximum Gasteiger partial charge on any atom is 0.337 e. The molecule has 0 spiro atoms. The summed E-state index contributed by atoms with van der Waals surface area (Å²) in [4.78, 5) is 22.9. The Kier molecular flexibility index (Phi) is 5.13. The molecular formula is C15H22N2O3. The Morgan fingerprint density at radius 2 is 1.90 bits per heavy atom. The quantitative estimate of drug-likeness (QED) is 0.791. The Labute approximate surface area is 119 Å². The van der Waals surface area contributed by atoms with Crippen molar-refractivity contribution < 1.29 is 14.7 Å². The third-order valence-corrected chi connectivity index (χ3v) is 2.81. The molecule has 0 aromatic heterocycles.